The van der Waals surface area contributed by atoms with E-state index in [1.54, 1.807) is 4.90 Å². The van der Waals surface area contributed by atoms with Crippen LogP contribution in [-0.4, -0.2) is 42.0 Å². The summed E-state index contributed by atoms with van der Waals surface area (Å²) in [4.78, 5) is 25.5. The van der Waals surface area contributed by atoms with Gasteiger partial charge in [0.05, 0.1) is 12.6 Å². The lowest BCUT2D eigenvalue weighted by atomic mass is 10.0. The number of benzene rings is 1. The van der Waals surface area contributed by atoms with Crippen molar-refractivity contribution >= 4 is 11.8 Å². The second-order valence-corrected chi connectivity index (χ2v) is 5.37. The number of primary amides is 1. The molecule has 0 aliphatic carbocycles. The van der Waals surface area contributed by atoms with E-state index in [1.165, 1.54) is 0 Å². The summed E-state index contributed by atoms with van der Waals surface area (Å²) in [7, 11) is 0. The quantitative estimate of drug-likeness (QED) is 0.876. The van der Waals surface area contributed by atoms with Gasteiger partial charge in [-0.05, 0) is 32.4 Å². The number of amides is 2. The fourth-order valence-electron chi connectivity index (χ4n) is 2.50. The lowest BCUT2D eigenvalue weighted by Crippen LogP contribution is -2.53. The Hall–Kier alpha value is -1.88. The monoisotopic (exact) mass is 276 g/mol. The van der Waals surface area contributed by atoms with Crippen LogP contribution in [0.1, 0.15) is 28.4 Å². The molecule has 1 aliphatic heterocycles. The van der Waals surface area contributed by atoms with E-state index in [0.29, 0.717) is 12.1 Å². The summed E-state index contributed by atoms with van der Waals surface area (Å²) in [6.45, 7) is 6.41. The molecule has 0 bridgehead atoms. The molecule has 0 unspecified atom stereocenters. The maximum Gasteiger partial charge on any atom is 0.254 e. The zero-order valence-corrected chi connectivity index (χ0v) is 12.1. The van der Waals surface area contributed by atoms with Crippen molar-refractivity contribution in [1.82, 2.24) is 4.90 Å². The van der Waals surface area contributed by atoms with Crippen LogP contribution in [0.3, 0.4) is 0 Å². The van der Waals surface area contributed by atoms with Crippen LogP contribution in [0.2, 0.25) is 0 Å². The number of carbonyl (C=O) groups is 2. The molecular formula is C15H20N2O3. The molecule has 2 amide bonds. The van der Waals surface area contributed by atoms with E-state index in [9.17, 15) is 9.59 Å². The molecule has 108 valence electrons. The van der Waals surface area contributed by atoms with Crippen LogP contribution in [0.4, 0.5) is 0 Å². The molecule has 5 nitrogen and oxygen atoms in total. The molecule has 2 N–H and O–H groups in total. The van der Waals surface area contributed by atoms with Gasteiger partial charge in [0.25, 0.3) is 5.91 Å². The van der Waals surface area contributed by atoms with Gasteiger partial charge in [0, 0.05) is 12.1 Å². The second kappa shape index (κ2) is 5.63. The Labute approximate surface area is 118 Å². The minimum Gasteiger partial charge on any atom is -0.367 e. The van der Waals surface area contributed by atoms with Crippen LogP contribution in [0.5, 0.6) is 0 Å². The normalized spacial score (nSPS) is 22.6. The van der Waals surface area contributed by atoms with E-state index in [-0.39, 0.29) is 18.6 Å². The zero-order valence-electron chi connectivity index (χ0n) is 12.1. The second-order valence-electron chi connectivity index (χ2n) is 5.37. The predicted molar refractivity (Wildman–Crippen MR) is 75.3 cm³/mol. The van der Waals surface area contributed by atoms with Crippen molar-refractivity contribution < 1.29 is 14.3 Å². The summed E-state index contributed by atoms with van der Waals surface area (Å²) >= 11 is 0. The van der Waals surface area contributed by atoms with Crippen LogP contribution >= 0.6 is 0 Å². The van der Waals surface area contributed by atoms with Crippen molar-refractivity contribution in [2.45, 2.75) is 33.0 Å². The third-order valence-electron chi connectivity index (χ3n) is 3.48. The summed E-state index contributed by atoms with van der Waals surface area (Å²) in [6, 6.07) is 5.71. The first-order valence-corrected chi connectivity index (χ1v) is 6.69. The first-order valence-electron chi connectivity index (χ1n) is 6.69. The van der Waals surface area contributed by atoms with E-state index in [4.69, 9.17) is 10.5 Å². The molecular weight excluding hydrogens is 256 g/mol. The van der Waals surface area contributed by atoms with Crippen molar-refractivity contribution in [2.24, 2.45) is 5.73 Å². The molecule has 0 radical (unpaired) electrons. The Morgan fingerprint density at radius 3 is 2.60 bits per heavy atom. The maximum atomic E-state index is 12.6. The van der Waals surface area contributed by atoms with Crippen LogP contribution in [0.15, 0.2) is 18.2 Å². The predicted octanol–water partition coefficient (Wildman–Crippen LogP) is 1.02. The van der Waals surface area contributed by atoms with E-state index in [1.807, 2.05) is 39.0 Å². The van der Waals surface area contributed by atoms with Gasteiger partial charge in [0.15, 0.2) is 6.10 Å². The number of nitrogens with two attached hydrogens (primary N) is 1. The lowest BCUT2D eigenvalue weighted by Gasteiger charge is -2.35. The van der Waals surface area contributed by atoms with Crippen molar-refractivity contribution in [1.29, 1.82) is 0 Å². The van der Waals surface area contributed by atoms with Gasteiger partial charge in [-0.3, -0.25) is 9.59 Å². The number of aryl methyl sites for hydroxylation is 2. The highest BCUT2D eigenvalue weighted by atomic mass is 16.5. The summed E-state index contributed by atoms with van der Waals surface area (Å²) in [6.07, 6.45) is -0.926. The van der Waals surface area contributed by atoms with Crippen molar-refractivity contribution in [3.05, 3.63) is 34.9 Å². The highest BCUT2D eigenvalue weighted by molar-refractivity contribution is 5.96. The Kier molecular flexibility index (Phi) is 4.09. The van der Waals surface area contributed by atoms with Gasteiger partial charge in [-0.1, -0.05) is 17.7 Å². The molecule has 1 aromatic carbocycles. The Morgan fingerprint density at radius 2 is 2.00 bits per heavy atom. The first-order chi connectivity index (χ1) is 9.38. The number of rotatable bonds is 2. The smallest absolute Gasteiger partial charge is 0.254 e. The zero-order chi connectivity index (χ0) is 14.9. The van der Waals surface area contributed by atoms with Gasteiger partial charge in [-0.25, -0.2) is 0 Å². The topological polar surface area (TPSA) is 72.6 Å². The molecule has 1 fully saturated rings. The average molecular weight is 276 g/mol. The summed E-state index contributed by atoms with van der Waals surface area (Å²) in [5, 5.41) is 0. The molecule has 0 saturated carbocycles. The van der Waals surface area contributed by atoms with Crippen LogP contribution < -0.4 is 5.73 Å². The molecule has 0 aromatic heterocycles. The highest BCUT2D eigenvalue weighted by Gasteiger charge is 2.32. The number of morpholine rings is 1. The average Bonchev–Trinajstić information content (AvgIpc) is 2.37. The fourth-order valence-corrected chi connectivity index (χ4v) is 2.50. The standard InChI is InChI=1S/C15H20N2O3/c1-9-4-5-12(10(2)6-9)15(19)17-7-11(3)20-13(8-17)14(16)18/h4-6,11,13H,7-8H2,1-3H3,(H2,16,18)/t11-,13+/m1/s1. The molecule has 0 spiro atoms. The molecule has 2 rings (SSSR count). The summed E-state index contributed by atoms with van der Waals surface area (Å²) < 4.78 is 5.44. The van der Waals surface area contributed by atoms with E-state index in [0.717, 1.165) is 11.1 Å². The van der Waals surface area contributed by atoms with E-state index in [2.05, 4.69) is 0 Å². The molecule has 1 aromatic rings. The molecule has 1 heterocycles. The van der Waals surface area contributed by atoms with Crippen molar-refractivity contribution in [3.8, 4) is 0 Å². The number of hydrogen-bond acceptors (Lipinski definition) is 3. The molecule has 1 saturated heterocycles. The number of carbonyl (C=O) groups excluding carboxylic acids is 2. The third kappa shape index (κ3) is 2.99. The Morgan fingerprint density at radius 1 is 1.30 bits per heavy atom. The molecule has 1 aliphatic rings. The van der Waals surface area contributed by atoms with Gasteiger partial charge >= 0.3 is 0 Å². The van der Waals surface area contributed by atoms with E-state index < -0.39 is 12.0 Å². The van der Waals surface area contributed by atoms with Crippen molar-refractivity contribution in [3.63, 3.8) is 0 Å². The maximum absolute atomic E-state index is 12.6. The van der Waals surface area contributed by atoms with E-state index >= 15 is 0 Å². The minimum atomic E-state index is -0.728. The third-order valence-corrected chi connectivity index (χ3v) is 3.48. The van der Waals surface area contributed by atoms with Crippen molar-refractivity contribution in [2.75, 3.05) is 13.1 Å². The Bertz CT molecular complexity index is 542. The van der Waals surface area contributed by atoms with Gasteiger partial charge in [0.1, 0.15) is 0 Å². The minimum absolute atomic E-state index is 0.0797. The largest absolute Gasteiger partial charge is 0.367 e. The highest BCUT2D eigenvalue weighted by Crippen LogP contribution is 2.17. The van der Waals surface area contributed by atoms with Gasteiger partial charge in [-0.2, -0.15) is 0 Å². The first kappa shape index (κ1) is 14.5. The van der Waals surface area contributed by atoms with Crippen LogP contribution in [-0.2, 0) is 9.53 Å². The van der Waals surface area contributed by atoms with Gasteiger partial charge < -0.3 is 15.4 Å². The molecule has 2 atom stereocenters. The number of nitrogens with zero attached hydrogens (tertiary/aromatic N) is 1. The number of ether oxygens (including phenoxy) is 1. The lowest BCUT2D eigenvalue weighted by molar-refractivity contribution is -0.140. The molecule has 20 heavy (non-hydrogen) atoms. The Balaban J connectivity index is 2.21. The number of hydrogen-bond donors (Lipinski definition) is 1. The SMILES string of the molecule is Cc1ccc(C(=O)N2C[C@@H](C)O[C@H](C(N)=O)C2)c(C)c1. The summed E-state index contributed by atoms with van der Waals surface area (Å²) in [5.41, 5.74) is 7.99. The molecule has 5 heteroatoms. The van der Waals surface area contributed by atoms with Gasteiger partial charge in [0.2, 0.25) is 5.91 Å². The van der Waals surface area contributed by atoms with Crippen LogP contribution in [0, 0.1) is 13.8 Å². The van der Waals surface area contributed by atoms with Crippen LogP contribution in [0.25, 0.3) is 0 Å². The fraction of sp³-hybridized carbons (Fsp3) is 0.467. The van der Waals surface area contributed by atoms with Gasteiger partial charge in [-0.15, -0.1) is 0 Å². The summed E-state index contributed by atoms with van der Waals surface area (Å²) in [5.74, 6) is -0.612.